The van der Waals surface area contributed by atoms with Crippen molar-refractivity contribution in [2.45, 2.75) is 24.3 Å². The first-order valence-corrected chi connectivity index (χ1v) is 12.2. The van der Waals surface area contributed by atoms with Gasteiger partial charge in [0, 0.05) is 11.8 Å². The number of methoxy groups -OCH3 is 1. The molecule has 2 heterocycles. The fraction of sp³-hybridized carbons (Fsp3) is 0.333. The number of sulfone groups is 1. The van der Waals surface area contributed by atoms with Crippen LogP contribution in [0.1, 0.15) is 11.1 Å². The van der Waals surface area contributed by atoms with Crippen LogP contribution in [0, 0.1) is 5.82 Å². The molecule has 0 aromatic heterocycles. The number of fused-ring (bicyclic) bond motifs is 1. The lowest BCUT2D eigenvalue weighted by molar-refractivity contribution is -0.117. The smallest absolute Gasteiger partial charge is 0.252 e. The first-order chi connectivity index (χ1) is 14.3. The highest BCUT2D eigenvalue weighted by Crippen LogP contribution is 2.39. The largest absolute Gasteiger partial charge is 0.497 e. The zero-order chi connectivity index (χ0) is 21.3. The summed E-state index contributed by atoms with van der Waals surface area (Å²) in [6, 6.07) is 13.1. The van der Waals surface area contributed by atoms with Crippen LogP contribution in [0.3, 0.4) is 0 Å². The highest BCUT2D eigenvalue weighted by Gasteiger charge is 2.48. The number of halogens is 1. The summed E-state index contributed by atoms with van der Waals surface area (Å²) in [6.07, 6.45) is 0.0605. The van der Waals surface area contributed by atoms with Crippen molar-refractivity contribution in [3.05, 3.63) is 65.5 Å². The Morgan fingerprint density at radius 2 is 1.97 bits per heavy atom. The summed E-state index contributed by atoms with van der Waals surface area (Å²) in [5.74, 6) is 0.146. The maximum absolute atomic E-state index is 13.1. The van der Waals surface area contributed by atoms with Gasteiger partial charge in [0.05, 0.1) is 31.1 Å². The Morgan fingerprint density at radius 1 is 1.20 bits per heavy atom. The van der Waals surface area contributed by atoms with E-state index in [2.05, 4.69) is 4.99 Å². The Bertz CT molecular complexity index is 1090. The number of carbonyl (C=O) groups excluding carboxylic acids is 1. The number of thioether (sulfide) groups is 1. The van der Waals surface area contributed by atoms with Crippen molar-refractivity contribution in [1.29, 1.82) is 0 Å². The van der Waals surface area contributed by atoms with E-state index in [4.69, 9.17) is 4.74 Å². The zero-order valence-electron chi connectivity index (χ0n) is 16.3. The number of amidine groups is 1. The molecule has 1 amide bonds. The molecule has 0 N–H and O–H groups in total. The topological polar surface area (TPSA) is 76.0 Å². The molecule has 30 heavy (non-hydrogen) atoms. The van der Waals surface area contributed by atoms with Crippen molar-refractivity contribution in [3.63, 3.8) is 0 Å². The van der Waals surface area contributed by atoms with Crippen molar-refractivity contribution < 1.29 is 22.3 Å². The standard InChI is InChI=1S/C21H21FN2O4S2/c1-28-17-4-2-3-15(9-17)11-24-18-12-30(26,27)13-19(18)29-21(24)23-20(25)10-14-5-7-16(22)8-6-14/h2-9,18-19H,10-13H2,1H3/t18-,19-/m0/s1. The minimum absolute atomic E-state index is 0.0554. The number of benzene rings is 2. The van der Waals surface area contributed by atoms with E-state index in [1.54, 1.807) is 19.2 Å². The van der Waals surface area contributed by atoms with E-state index in [1.165, 1.54) is 23.9 Å². The van der Waals surface area contributed by atoms with Crippen molar-refractivity contribution in [3.8, 4) is 5.75 Å². The quantitative estimate of drug-likeness (QED) is 0.700. The van der Waals surface area contributed by atoms with Gasteiger partial charge in [-0.2, -0.15) is 4.99 Å². The van der Waals surface area contributed by atoms with Crippen molar-refractivity contribution in [2.24, 2.45) is 4.99 Å². The van der Waals surface area contributed by atoms with Crippen LogP contribution in [0.2, 0.25) is 0 Å². The summed E-state index contributed by atoms with van der Waals surface area (Å²) in [5, 5.41) is 0.396. The SMILES string of the molecule is COc1cccc(CN2C(=NC(=O)Cc3ccc(F)cc3)S[C@H]3CS(=O)(=O)C[C@@H]32)c1. The molecule has 2 aliphatic rings. The third-order valence-electron chi connectivity index (χ3n) is 5.15. The van der Waals surface area contributed by atoms with Gasteiger partial charge in [0.25, 0.3) is 5.91 Å². The van der Waals surface area contributed by atoms with Crippen LogP contribution in [0.25, 0.3) is 0 Å². The van der Waals surface area contributed by atoms with Crippen molar-refractivity contribution in [2.75, 3.05) is 18.6 Å². The van der Waals surface area contributed by atoms with Gasteiger partial charge >= 0.3 is 0 Å². The predicted molar refractivity (Wildman–Crippen MR) is 115 cm³/mol. The van der Waals surface area contributed by atoms with E-state index in [1.807, 2.05) is 29.2 Å². The number of aliphatic imine (C=N–C) groups is 1. The van der Waals surface area contributed by atoms with Crippen molar-refractivity contribution in [1.82, 2.24) is 4.90 Å². The lowest BCUT2D eigenvalue weighted by Crippen LogP contribution is -2.37. The monoisotopic (exact) mass is 448 g/mol. The Kier molecular flexibility index (Phi) is 5.84. The molecular formula is C21H21FN2O4S2. The zero-order valence-corrected chi connectivity index (χ0v) is 18.0. The summed E-state index contributed by atoms with van der Waals surface area (Å²) < 4.78 is 42.6. The van der Waals surface area contributed by atoms with Gasteiger partial charge in [-0.15, -0.1) is 0 Å². The first-order valence-electron chi connectivity index (χ1n) is 9.45. The van der Waals surface area contributed by atoms with Crippen LogP contribution in [-0.4, -0.2) is 54.3 Å². The van der Waals surface area contributed by atoms with Crippen LogP contribution in [0.4, 0.5) is 4.39 Å². The van der Waals surface area contributed by atoms with Gasteiger partial charge in [0.15, 0.2) is 15.0 Å². The molecule has 2 aromatic carbocycles. The van der Waals surface area contributed by atoms with Gasteiger partial charge in [-0.3, -0.25) is 4.79 Å². The minimum Gasteiger partial charge on any atom is -0.497 e. The molecule has 158 valence electrons. The molecule has 2 saturated heterocycles. The van der Waals surface area contributed by atoms with Crippen LogP contribution in [0.15, 0.2) is 53.5 Å². The van der Waals surface area contributed by atoms with Crippen molar-refractivity contribution >= 4 is 32.7 Å². The fourth-order valence-corrected chi connectivity index (χ4v) is 7.68. The number of amides is 1. The Hall–Kier alpha value is -2.39. The second-order valence-corrected chi connectivity index (χ2v) is 10.7. The third kappa shape index (κ3) is 4.67. The molecule has 2 aliphatic heterocycles. The van der Waals surface area contributed by atoms with Crippen LogP contribution < -0.4 is 4.74 Å². The molecule has 4 rings (SSSR count). The summed E-state index contributed by atoms with van der Waals surface area (Å²) in [7, 11) is -1.52. The van der Waals surface area contributed by atoms with E-state index in [0.29, 0.717) is 23.0 Å². The van der Waals surface area contributed by atoms with Gasteiger partial charge in [-0.1, -0.05) is 36.0 Å². The van der Waals surface area contributed by atoms with E-state index >= 15 is 0 Å². The summed E-state index contributed by atoms with van der Waals surface area (Å²) >= 11 is 1.35. The van der Waals surface area contributed by atoms with E-state index < -0.39 is 9.84 Å². The predicted octanol–water partition coefficient (Wildman–Crippen LogP) is 2.67. The molecule has 2 aromatic rings. The Morgan fingerprint density at radius 3 is 2.70 bits per heavy atom. The number of ether oxygens (including phenoxy) is 1. The highest BCUT2D eigenvalue weighted by molar-refractivity contribution is 8.15. The summed E-state index contributed by atoms with van der Waals surface area (Å²) in [6.45, 7) is 0.434. The summed E-state index contributed by atoms with van der Waals surface area (Å²) in [4.78, 5) is 18.7. The highest BCUT2D eigenvalue weighted by atomic mass is 32.2. The van der Waals surface area contributed by atoms with E-state index in [0.717, 1.165) is 5.56 Å². The molecule has 0 radical (unpaired) electrons. The number of rotatable bonds is 5. The maximum atomic E-state index is 13.1. The molecule has 2 fully saturated rings. The van der Waals surface area contributed by atoms with Gasteiger partial charge in [0.2, 0.25) is 0 Å². The number of nitrogens with zero attached hydrogens (tertiary/aromatic N) is 2. The number of hydrogen-bond acceptors (Lipinski definition) is 5. The normalized spacial score (nSPS) is 23.5. The number of hydrogen-bond donors (Lipinski definition) is 0. The van der Waals surface area contributed by atoms with Gasteiger partial charge in [-0.05, 0) is 35.4 Å². The molecular weight excluding hydrogens is 427 g/mol. The number of carbonyl (C=O) groups is 1. The molecule has 6 nitrogen and oxygen atoms in total. The van der Waals surface area contributed by atoms with E-state index in [9.17, 15) is 17.6 Å². The minimum atomic E-state index is -3.11. The Labute approximate surface area is 179 Å². The second kappa shape index (κ2) is 8.39. The van der Waals surface area contributed by atoms with Crippen LogP contribution in [-0.2, 0) is 27.6 Å². The first kappa shape index (κ1) is 20.9. The molecule has 0 unspecified atom stereocenters. The Balaban J connectivity index is 1.57. The molecule has 0 spiro atoms. The maximum Gasteiger partial charge on any atom is 0.252 e. The third-order valence-corrected chi connectivity index (χ3v) is 8.40. The molecule has 9 heteroatoms. The lowest BCUT2D eigenvalue weighted by Gasteiger charge is -2.24. The van der Waals surface area contributed by atoms with E-state index in [-0.39, 0.29) is 40.9 Å². The lowest BCUT2D eigenvalue weighted by atomic mass is 10.1. The molecule has 0 saturated carbocycles. The molecule has 2 atom stereocenters. The average molecular weight is 449 g/mol. The van der Waals surface area contributed by atoms with Crippen LogP contribution >= 0.6 is 11.8 Å². The van der Waals surface area contributed by atoms with Crippen LogP contribution in [0.5, 0.6) is 5.75 Å². The summed E-state index contributed by atoms with van der Waals surface area (Å²) in [5.41, 5.74) is 1.62. The van der Waals surface area contributed by atoms with Gasteiger partial charge in [0.1, 0.15) is 11.6 Å². The second-order valence-electron chi connectivity index (χ2n) is 7.37. The van der Waals surface area contributed by atoms with Gasteiger partial charge in [-0.25, -0.2) is 12.8 Å². The average Bonchev–Trinajstić information content (AvgIpc) is 3.16. The molecule has 0 bridgehead atoms. The van der Waals surface area contributed by atoms with Gasteiger partial charge < -0.3 is 9.64 Å². The fourth-order valence-electron chi connectivity index (χ4n) is 3.71. The molecule has 0 aliphatic carbocycles.